The monoisotopic (exact) mass is 267 g/mol. The lowest BCUT2D eigenvalue weighted by atomic mass is 10.1. The van der Waals surface area contributed by atoms with Gasteiger partial charge in [-0.05, 0) is 24.1 Å². The average molecular weight is 267 g/mol. The van der Waals surface area contributed by atoms with Gasteiger partial charge in [0.05, 0.1) is 0 Å². The van der Waals surface area contributed by atoms with E-state index >= 15 is 0 Å². The first-order chi connectivity index (χ1) is 9.85. The van der Waals surface area contributed by atoms with Crippen molar-refractivity contribution in [2.24, 2.45) is 0 Å². The number of anilines is 1. The van der Waals surface area contributed by atoms with Gasteiger partial charge < -0.3 is 10.1 Å². The topological polar surface area (TPSA) is 21.3 Å². The van der Waals surface area contributed by atoms with Gasteiger partial charge in [-0.25, -0.2) is 0 Å². The number of rotatable bonds is 7. The predicted molar refractivity (Wildman–Crippen MR) is 85.3 cm³/mol. The van der Waals surface area contributed by atoms with Crippen LogP contribution in [0.2, 0.25) is 0 Å². The Morgan fingerprint density at radius 3 is 2.50 bits per heavy atom. The van der Waals surface area contributed by atoms with Crippen LogP contribution in [-0.2, 0) is 13.0 Å². The molecule has 1 N–H and O–H groups in total. The highest BCUT2D eigenvalue weighted by molar-refractivity contribution is 5.52. The summed E-state index contributed by atoms with van der Waals surface area (Å²) in [5.41, 5.74) is 3.67. The Hall–Kier alpha value is -2.22. The second-order valence-electron chi connectivity index (χ2n) is 4.57. The van der Waals surface area contributed by atoms with Crippen molar-refractivity contribution in [2.45, 2.75) is 19.9 Å². The van der Waals surface area contributed by atoms with E-state index in [1.807, 2.05) is 18.2 Å². The molecule has 0 radical (unpaired) electrons. The third-order valence-corrected chi connectivity index (χ3v) is 3.20. The zero-order valence-electron chi connectivity index (χ0n) is 11.9. The van der Waals surface area contributed by atoms with Crippen LogP contribution in [0.3, 0.4) is 0 Å². The zero-order chi connectivity index (χ0) is 14.2. The molecule has 0 aliphatic heterocycles. The average Bonchev–Trinajstić information content (AvgIpc) is 2.52. The second-order valence-corrected chi connectivity index (χ2v) is 4.57. The number of ether oxygens (including phenoxy) is 1. The van der Waals surface area contributed by atoms with Crippen LogP contribution in [0.5, 0.6) is 5.75 Å². The first-order valence-corrected chi connectivity index (χ1v) is 6.98. The van der Waals surface area contributed by atoms with Crippen LogP contribution in [-0.4, -0.2) is 6.61 Å². The molecule has 0 heterocycles. The molecule has 0 atom stereocenters. The van der Waals surface area contributed by atoms with Crippen LogP contribution in [0.15, 0.2) is 61.2 Å². The molecule has 0 aliphatic carbocycles. The van der Waals surface area contributed by atoms with Gasteiger partial charge in [0.15, 0.2) is 0 Å². The first kappa shape index (κ1) is 14.2. The van der Waals surface area contributed by atoms with Crippen molar-refractivity contribution in [1.29, 1.82) is 0 Å². The quantitative estimate of drug-likeness (QED) is 0.749. The summed E-state index contributed by atoms with van der Waals surface area (Å²) >= 11 is 0. The summed E-state index contributed by atoms with van der Waals surface area (Å²) in [5, 5.41) is 3.49. The van der Waals surface area contributed by atoms with Crippen molar-refractivity contribution in [3.05, 3.63) is 72.3 Å². The normalized spacial score (nSPS) is 10.1. The van der Waals surface area contributed by atoms with Gasteiger partial charge in [0.1, 0.15) is 12.4 Å². The Bertz CT molecular complexity index is 563. The predicted octanol–water partition coefficient (Wildman–Crippen LogP) is 4.43. The standard InChI is InChI=1S/C18H21NO/c1-3-13-20-18-12-8-6-10-16(18)14-19-17-11-7-5-9-15(17)4-2/h3,5-12,19H,1,4,13-14H2,2H3. The molecule has 2 rings (SSSR count). The SMILES string of the molecule is C=CCOc1ccccc1CNc1ccccc1CC. The largest absolute Gasteiger partial charge is 0.489 e. The van der Waals surface area contributed by atoms with E-state index in [2.05, 4.69) is 49.2 Å². The van der Waals surface area contributed by atoms with E-state index in [9.17, 15) is 0 Å². The molecule has 0 spiro atoms. The number of para-hydroxylation sites is 2. The lowest BCUT2D eigenvalue weighted by Crippen LogP contribution is -2.04. The molecule has 0 saturated heterocycles. The summed E-state index contributed by atoms with van der Waals surface area (Å²) in [4.78, 5) is 0. The summed E-state index contributed by atoms with van der Waals surface area (Å²) in [7, 11) is 0. The van der Waals surface area contributed by atoms with Crippen LogP contribution in [0.25, 0.3) is 0 Å². The number of nitrogens with one attached hydrogen (secondary N) is 1. The molecule has 0 fully saturated rings. The third kappa shape index (κ3) is 3.64. The van der Waals surface area contributed by atoms with Gasteiger partial charge in [-0.15, -0.1) is 0 Å². The van der Waals surface area contributed by atoms with Crippen LogP contribution >= 0.6 is 0 Å². The summed E-state index contributed by atoms with van der Waals surface area (Å²) in [5.74, 6) is 0.911. The Balaban J connectivity index is 2.08. The fourth-order valence-electron chi connectivity index (χ4n) is 2.13. The highest BCUT2D eigenvalue weighted by Gasteiger charge is 2.04. The highest BCUT2D eigenvalue weighted by atomic mass is 16.5. The molecule has 104 valence electrons. The van der Waals surface area contributed by atoms with Crippen molar-refractivity contribution in [3.8, 4) is 5.75 Å². The maximum Gasteiger partial charge on any atom is 0.124 e. The fourth-order valence-corrected chi connectivity index (χ4v) is 2.13. The number of hydrogen-bond donors (Lipinski definition) is 1. The summed E-state index contributed by atoms with van der Waals surface area (Å²) in [6.45, 7) is 7.13. The Morgan fingerprint density at radius 2 is 1.75 bits per heavy atom. The van der Waals surface area contributed by atoms with Gasteiger partial charge in [0.2, 0.25) is 0 Å². The van der Waals surface area contributed by atoms with E-state index in [1.165, 1.54) is 11.3 Å². The van der Waals surface area contributed by atoms with Gasteiger partial charge in [-0.3, -0.25) is 0 Å². The smallest absolute Gasteiger partial charge is 0.124 e. The van der Waals surface area contributed by atoms with Gasteiger partial charge in [-0.2, -0.15) is 0 Å². The molecule has 0 bridgehead atoms. The maximum atomic E-state index is 5.67. The molecule has 0 amide bonds. The van der Waals surface area contributed by atoms with Crippen LogP contribution in [0, 0.1) is 0 Å². The number of benzene rings is 2. The second kappa shape index (κ2) is 7.39. The molecule has 20 heavy (non-hydrogen) atoms. The molecule has 2 aromatic rings. The molecule has 2 aromatic carbocycles. The summed E-state index contributed by atoms with van der Waals surface area (Å²) in [6.07, 6.45) is 2.79. The van der Waals surface area contributed by atoms with E-state index in [0.29, 0.717) is 6.61 Å². The van der Waals surface area contributed by atoms with Crippen molar-refractivity contribution in [3.63, 3.8) is 0 Å². The van der Waals surface area contributed by atoms with Crippen LogP contribution in [0.4, 0.5) is 5.69 Å². The van der Waals surface area contributed by atoms with E-state index in [-0.39, 0.29) is 0 Å². The zero-order valence-corrected chi connectivity index (χ0v) is 11.9. The minimum atomic E-state index is 0.530. The maximum absolute atomic E-state index is 5.67. The van der Waals surface area contributed by atoms with Crippen molar-refractivity contribution >= 4 is 5.69 Å². The van der Waals surface area contributed by atoms with E-state index < -0.39 is 0 Å². The molecular weight excluding hydrogens is 246 g/mol. The minimum absolute atomic E-state index is 0.530. The molecule has 0 unspecified atom stereocenters. The summed E-state index contributed by atoms with van der Waals surface area (Å²) in [6, 6.07) is 16.5. The van der Waals surface area contributed by atoms with Gasteiger partial charge in [0, 0.05) is 17.8 Å². The lowest BCUT2D eigenvalue weighted by Gasteiger charge is -2.13. The molecule has 2 nitrogen and oxygen atoms in total. The lowest BCUT2D eigenvalue weighted by molar-refractivity contribution is 0.359. The van der Waals surface area contributed by atoms with Crippen molar-refractivity contribution in [2.75, 3.05) is 11.9 Å². The van der Waals surface area contributed by atoms with Crippen molar-refractivity contribution < 1.29 is 4.74 Å². The van der Waals surface area contributed by atoms with E-state index in [4.69, 9.17) is 4.74 Å². The Kier molecular flexibility index (Phi) is 5.24. The fraction of sp³-hybridized carbons (Fsp3) is 0.222. The Labute approximate surface area is 121 Å². The summed E-state index contributed by atoms with van der Waals surface area (Å²) < 4.78 is 5.67. The molecular formula is C18H21NO. The van der Waals surface area contributed by atoms with Gasteiger partial charge in [0.25, 0.3) is 0 Å². The Morgan fingerprint density at radius 1 is 1.05 bits per heavy atom. The highest BCUT2D eigenvalue weighted by Crippen LogP contribution is 2.21. The molecule has 0 aliphatic rings. The molecule has 2 heteroatoms. The number of aryl methyl sites for hydroxylation is 1. The molecule has 0 aromatic heterocycles. The van der Waals surface area contributed by atoms with Gasteiger partial charge in [-0.1, -0.05) is 56.0 Å². The molecule has 0 saturated carbocycles. The van der Waals surface area contributed by atoms with E-state index in [0.717, 1.165) is 24.3 Å². The minimum Gasteiger partial charge on any atom is -0.489 e. The van der Waals surface area contributed by atoms with Crippen LogP contribution in [0.1, 0.15) is 18.1 Å². The van der Waals surface area contributed by atoms with Crippen molar-refractivity contribution in [1.82, 2.24) is 0 Å². The van der Waals surface area contributed by atoms with Crippen LogP contribution < -0.4 is 10.1 Å². The number of hydrogen-bond acceptors (Lipinski definition) is 2. The first-order valence-electron chi connectivity index (χ1n) is 6.98. The third-order valence-electron chi connectivity index (χ3n) is 3.20. The van der Waals surface area contributed by atoms with Gasteiger partial charge >= 0.3 is 0 Å². The van der Waals surface area contributed by atoms with E-state index in [1.54, 1.807) is 6.08 Å².